The van der Waals surface area contributed by atoms with Gasteiger partial charge in [0.05, 0.1) is 44.2 Å². The van der Waals surface area contributed by atoms with Crippen molar-refractivity contribution in [2.75, 3.05) is 33.5 Å². The van der Waals surface area contributed by atoms with E-state index >= 15 is 0 Å². The molecule has 5 rings (SSSR count). The number of aliphatic hydroxyl groups is 2. The van der Waals surface area contributed by atoms with E-state index in [1.165, 1.54) is 7.11 Å². The molecule has 1 aliphatic rings. The second-order valence-corrected chi connectivity index (χ2v) is 9.40. The first-order valence-electron chi connectivity index (χ1n) is 12.9. The van der Waals surface area contributed by atoms with Crippen LogP contribution >= 0.6 is 0 Å². The van der Waals surface area contributed by atoms with Crippen LogP contribution in [0.25, 0.3) is 33.6 Å². The first-order chi connectivity index (χ1) is 19.5. The van der Waals surface area contributed by atoms with E-state index in [4.69, 9.17) is 23.7 Å². The van der Waals surface area contributed by atoms with Gasteiger partial charge >= 0.3 is 0 Å². The number of nitrogens with zero attached hydrogens (tertiary/aromatic N) is 2. The fraction of sp³-hybridized carbons (Fsp3) is 0.300. The average molecular weight is 544 g/mol. The normalized spacial score (nSPS) is 14.4. The zero-order valence-electron chi connectivity index (χ0n) is 21.9. The number of hydrogen-bond donors (Lipinski definition) is 3. The van der Waals surface area contributed by atoms with Gasteiger partial charge < -0.3 is 34.2 Å². The second-order valence-electron chi connectivity index (χ2n) is 9.40. The number of aromatic nitrogens is 1. The number of aliphatic hydroxyl groups excluding tert-OH is 2. The molecule has 2 aromatic carbocycles. The van der Waals surface area contributed by atoms with Crippen molar-refractivity contribution in [2.45, 2.75) is 25.0 Å². The van der Waals surface area contributed by atoms with Crippen molar-refractivity contribution < 1.29 is 33.6 Å². The van der Waals surface area contributed by atoms with Crippen LogP contribution < -0.4 is 14.8 Å². The number of benzene rings is 2. The van der Waals surface area contributed by atoms with Crippen molar-refractivity contribution in [3.8, 4) is 40.0 Å². The minimum absolute atomic E-state index is 0.0199. The molecule has 3 heterocycles. The maximum atomic E-state index is 12.5. The summed E-state index contributed by atoms with van der Waals surface area (Å²) < 4.78 is 23.3. The first kappa shape index (κ1) is 27.1. The predicted molar refractivity (Wildman–Crippen MR) is 146 cm³/mol. The minimum atomic E-state index is -1.04. The van der Waals surface area contributed by atoms with Crippen LogP contribution in [0.3, 0.4) is 0 Å². The summed E-state index contributed by atoms with van der Waals surface area (Å²) in [5, 5.41) is 30.8. The quantitative estimate of drug-likeness (QED) is 0.288. The van der Waals surface area contributed by atoms with Crippen LogP contribution in [0.4, 0.5) is 0 Å². The molecule has 1 amide bonds. The maximum Gasteiger partial charge on any atom is 0.251 e. The molecule has 0 aliphatic carbocycles. The van der Waals surface area contributed by atoms with Crippen molar-refractivity contribution in [2.24, 2.45) is 0 Å². The van der Waals surface area contributed by atoms with Crippen molar-refractivity contribution in [1.82, 2.24) is 10.3 Å². The molecule has 1 aliphatic heterocycles. The molecule has 0 bridgehead atoms. The lowest BCUT2D eigenvalue weighted by molar-refractivity contribution is 0.0254. The van der Waals surface area contributed by atoms with Gasteiger partial charge in [-0.3, -0.25) is 9.78 Å². The molecule has 40 heavy (non-hydrogen) atoms. The Bertz CT molecular complexity index is 1550. The Balaban J connectivity index is 1.44. The number of hydrogen-bond acceptors (Lipinski definition) is 9. The van der Waals surface area contributed by atoms with E-state index in [9.17, 15) is 15.2 Å². The van der Waals surface area contributed by atoms with Gasteiger partial charge in [0.15, 0.2) is 5.58 Å². The molecular weight excluding hydrogens is 514 g/mol. The minimum Gasteiger partial charge on any atom is -0.496 e. The fourth-order valence-electron chi connectivity index (χ4n) is 4.57. The summed E-state index contributed by atoms with van der Waals surface area (Å²) in [5.41, 5.74) is 4.10. The van der Waals surface area contributed by atoms with Crippen LogP contribution in [-0.4, -0.2) is 66.8 Å². The van der Waals surface area contributed by atoms with Crippen LogP contribution in [-0.2, 0) is 4.74 Å². The molecule has 1 unspecified atom stereocenters. The number of furan rings is 1. The van der Waals surface area contributed by atoms with E-state index in [2.05, 4.69) is 16.4 Å². The summed E-state index contributed by atoms with van der Waals surface area (Å²) in [6.45, 7) is 0.774. The summed E-state index contributed by atoms with van der Waals surface area (Å²) in [5.74, 6) is 1.04. The summed E-state index contributed by atoms with van der Waals surface area (Å²) in [4.78, 5) is 16.9. The number of pyridine rings is 1. The van der Waals surface area contributed by atoms with Crippen molar-refractivity contribution in [3.05, 3.63) is 65.9 Å². The molecule has 0 spiro atoms. The molecule has 0 radical (unpaired) electrons. The lowest BCUT2D eigenvalue weighted by Gasteiger charge is -2.23. The monoisotopic (exact) mass is 543 g/mol. The molecule has 10 heteroatoms. The Morgan fingerprint density at radius 1 is 1.15 bits per heavy atom. The predicted octanol–water partition coefficient (Wildman–Crippen LogP) is 3.68. The van der Waals surface area contributed by atoms with Gasteiger partial charge in [-0.15, -0.1) is 0 Å². The highest BCUT2D eigenvalue weighted by Gasteiger charge is 2.20. The number of nitrogens with one attached hydrogen (secondary N) is 1. The fourth-order valence-corrected chi connectivity index (χ4v) is 4.57. The molecule has 206 valence electrons. The van der Waals surface area contributed by atoms with Gasteiger partial charge in [0.1, 0.15) is 34.9 Å². The first-order valence-corrected chi connectivity index (χ1v) is 12.9. The summed E-state index contributed by atoms with van der Waals surface area (Å²) in [6.07, 6.45) is 2.23. The Morgan fingerprint density at radius 2 is 1.98 bits per heavy atom. The number of carbonyl (C=O) groups excluding carboxylic acids is 1. The molecule has 4 aromatic rings. The molecule has 1 fully saturated rings. The largest absolute Gasteiger partial charge is 0.496 e. The van der Waals surface area contributed by atoms with Crippen molar-refractivity contribution in [3.63, 3.8) is 0 Å². The van der Waals surface area contributed by atoms with Crippen LogP contribution in [0.1, 0.15) is 28.8 Å². The number of fused-ring (bicyclic) bond motifs is 1. The summed E-state index contributed by atoms with van der Waals surface area (Å²) in [6, 6.07) is 16.3. The molecule has 2 aromatic heterocycles. The standard InChI is InChI=1S/C30H29N3O7/c1-37-27-13-19(30(36)33-16-21(35)17-34)2-4-24(27)28-14-25-29(40-28)23(6-9-32-25)18-3-5-26(20(12-18)15-31)39-22-7-10-38-11-8-22/h2-6,9,12-14,21-22,34-35H,7-8,10-11,16-17H2,1H3,(H,33,36). The van der Waals surface area contributed by atoms with Crippen LogP contribution in [0.15, 0.2) is 59.1 Å². The molecule has 1 saturated heterocycles. The third-order valence-corrected chi connectivity index (χ3v) is 6.72. The third-order valence-electron chi connectivity index (χ3n) is 6.72. The van der Waals surface area contributed by atoms with E-state index in [1.807, 2.05) is 18.2 Å². The number of nitriles is 1. The Hall–Kier alpha value is -4.43. The second kappa shape index (κ2) is 12.2. The van der Waals surface area contributed by atoms with E-state index in [0.29, 0.717) is 58.3 Å². The lowest BCUT2D eigenvalue weighted by atomic mass is 10.0. The number of amides is 1. The van der Waals surface area contributed by atoms with Gasteiger partial charge in [-0.2, -0.15) is 5.26 Å². The Morgan fingerprint density at radius 3 is 2.73 bits per heavy atom. The van der Waals surface area contributed by atoms with Gasteiger partial charge in [0.25, 0.3) is 5.91 Å². The number of methoxy groups -OCH3 is 1. The highest BCUT2D eigenvalue weighted by atomic mass is 16.5. The lowest BCUT2D eigenvalue weighted by Crippen LogP contribution is -2.33. The smallest absolute Gasteiger partial charge is 0.251 e. The number of carbonyl (C=O) groups is 1. The van der Waals surface area contributed by atoms with Gasteiger partial charge in [0, 0.05) is 42.8 Å². The van der Waals surface area contributed by atoms with Gasteiger partial charge in [-0.1, -0.05) is 6.07 Å². The number of ether oxygens (including phenoxy) is 3. The maximum absolute atomic E-state index is 12.5. The SMILES string of the molecule is COc1cc(C(=O)NCC(O)CO)ccc1-c1cc2nccc(-c3ccc(OC4CCOCC4)c(C#N)c3)c2o1. The van der Waals surface area contributed by atoms with Crippen molar-refractivity contribution in [1.29, 1.82) is 5.26 Å². The van der Waals surface area contributed by atoms with E-state index < -0.39 is 18.6 Å². The average Bonchev–Trinajstić information content (AvgIpc) is 3.44. The van der Waals surface area contributed by atoms with Gasteiger partial charge in [-0.05, 0) is 42.0 Å². The van der Waals surface area contributed by atoms with Crippen LogP contribution in [0.2, 0.25) is 0 Å². The van der Waals surface area contributed by atoms with Crippen LogP contribution in [0.5, 0.6) is 11.5 Å². The Labute approximate surface area is 230 Å². The highest BCUT2D eigenvalue weighted by Crippen LogP contribution is 2.38. The zero-order chi connectivity index (χ0) is 28.1. The van der Waals surface area contributed by atoms with E-state index in [1.54, 1.807) is 36.5 Å². The van der Waals surface area contributed by atoms with Gasteiger partial charge in [0.2, 0.25) is 0 Å². The summed E-state index contributed by atoms with van der Waals surface area (Å²) >= 11 is 0. The molecular formula is C30H29N3O7. The zero-order valence-corrected chi connectivity index (χ0v) is 21.9. The topological polar surface area (TPSA) is 147 Å². The number of rotatable bonds is 9. The van der Waals surface area contributed by atoms with E-state index in [-0.39, 0.29) is 12.6 Å². The molecule has 0 saturated carbocycles. The van der Waals surface area contributed by atoms with Crippen molar-refractivity contribution >= 4 is 17.0 Å². The molecule has 10 nitrogen and oxygen atoms in total. The molecule has 3 N–H and O–H groups in total. The highest BCUT2D eigenvalue weighted by molar-refractivity contribution is 5.96. The third kappa shape index (κ3) is 5.77. The summed E-state index contributed by atoms with van der Waals surface area (Å²) in [7, 11) is 1.50. The van der Waals surface area contributed by atoms with Gasteiger partial charge in [-0.25, -0.2) is 0 Å². The molecule has 1 atom stereocenters. The van der Waals surface area contributed by atoms with Crippen LogP contribution in [0, 0.1) is 11.3 Å². The Kier molecular flexibility index (Phi) is 8.26. The van der Waals surface area contributed by atoms with E-state index in [0.717, 1.165) is 24.0 Å².